The van der Waals surface area contributed by atoms with Gasteiger partial charge in [0.05, 0.1) is 25.9 Å². The third-order valence-corrected chi connectivity index (χ3v) is 3.93. The Bertz CT molecular complexity index is 427. The number of nitrogens with two attached hydrogens (primary N) is 1. The molecule has 4 nitrogen and oxygen atoms in total. The van der Waals surface area contributed by atoms with Crippen LogP contribution in [0.15, 0.2) is 18.2 Å². The SMILES string of the molecule is COc1ccc(OC)c(C(N)C2(C)CCCCO2)c1. The number of ether oxygens (including phenoxy) is 3. The molecule has 19 heavy (non-hydrogen) atoms. The molecular formula is C15H23NO3. The van der Waals surface area contributed by atoms with Gasteiger partial charge in [0.25, 0.3) is 0 Å². The van der Waals surface area contributed by atoms with E-state index in [0.29, 0.717) is 0 Å². The number of hydrogen-bond acceptors (Lipinski definition) is 4. The minimum Gasteiger partial charge on any atom is -0.497 e. The van der Waals surface area contributed by atoms with E-state index < -0.39 is 0 Å². The van der Waals surface area contributed by atoms with Crippen LogP contribution in [0.4, 0.5) is 0 Å². The summed E-state index contributed by atoms with van der Waals surface area (Å²) in [6.45, 7) is 2.85. The molecule has 1 aromatic carbocycles. The summed E-state index contributed by atoms with van der Waals surface area (Å²) < 4.78 is 16.6. The molecule has 0 amide bonds. The molecule has 2 rings (SSSR count). The van der Waals surface area contributed by atoms with Gasteiger partial charge >= 0.3 is 0 Å². The Morgan fingerprint density at radius 1 is 1.26 bits per heavy atom. The van der Waals surface area contributed by atoms with E-state index in [1.54, 1.807) is 14.2 Å². The van der Waals surface area contributed by atoms with Gasteiger partial charge in [-0.05, 0) is 44.4 Å². The molecule has 1 aromatic rings. The molecule has 0 aromatic heterocycles. The van der Waals surface area contributed by atoms with Crippen LogP contribution in [-0.2, 0) is 4.74 Å². The summed E-state index contributed by atoms with van der Waals surface area (Å²) in [5.74, 6) is 1.56. The second-order valence-corrected chi connectivity index (χ2v) is 5.20. The summed E-state index contributed by atoms with van der Waals surface area (Å²) in [7, 11) is 3.30. The van der Waals surface area contributed by atoms with Gasteiger partial charge < -0.3 is 19.9 Å². The van der Waals surface area contributed by atoms with Crippen LogP contribution in [0.1, 0.15) is 37.8 Å². The van der Waals surface area contributed by atoms with Gasteiger partial charge in [-0.1, -0.05) is 0 Å². The molecule has 1 fully saturated rings. The summed E-state index contributed by atoms with van der Waals surface area (Å²) in [5.41, 5.74) is 7.04. The molecule has 0 radical (unpaired) electrons. The lowest BCUT2D eigenvalue weighted by Crippen LogP contribution is -2.43. The molecule has 4 heteroatoms. The fraction of sp³-hybridized carbons (Fsp3) is 0.600. The van der Waals surface area contributed by atoms with Gasteiger partial charge in [0.1, 0.15) is 11.5 Å². The minimum atomic E-state index is -0.335. The second-order valence-electron chi connectivity index (χ2n) is 5.20. The van der Waals surface area contributed by atoms with E-state index in [-0.39, 0.29) is 11.6 Å². The highest BCUT2D eigenvalue weighted by Gasteiger charge is 2.37. The Balaban J connectivity index is 2.33. The molecule has 0 spiro atoms. The first kappa shape index (κ1) is 14.2. The molecule has 1 saturated heterocycles. The predicted molar refractivity (Wildman–Crippen MR) is 74.7 cm³/mol. The van der Waals surface area contributed by atoms with Crippen molar-refractivity contribution in [1.29, 1.82) is 0 Å². The highest BCUT2D eigenvalue weighted by Crippen LogP contribution is 2.39. The van der Waals surface area contributed by atoms with Crippen LogP contribution in [0.3, 0.4) is 0 Å². The van der Waals surface area contributed by atoms with Crippen LogP contribution >= 0.6 is 0 Å². The molecule has 106 valence electrons. The molecule has 1 heterocycles. The van der Waals surface area contributed by atoms with Crippen LogP contribution in [-0.4, -0.2) is 26.4 Å². The zero-order valence-corrected chi connectivity index (χ0v) is 11.9. The highest BCUT2D eigenvalue weighted by atomic mass is 16.5. The maximum atomic E-state index is 6.44. The van der Waals surface area contributed by atoms with Crippen molar-refractivity contribution >= 4 is 0 Å². The molecule has 1 aliphatic rings. The Labute approximate surface area is 114 Å². The first-order chi connectivity index (χ1) is 9.10. The summed E-state index contributed by atoms with van der Waals surface area (Å²) in [4.78, 5) is 0. The quantitative estimate of drug-likeness (QED) is 0.909. The normalized spacial score (nSPS) is 24.8. The Kier molecular flexibility index (Phi) is 4.32. The maximum absolute atomic E-state index is 6.44. The van der Waals surface area contributed by atoms with E-state index in [9.17, 15) is 0 Å². The lowest BCUT2D eigenvalue weighted by molar-refractivity contribution is -0.0824. The van der Waals surface area contributed by atoms with E-state index in [0.717, 1.165) is 42.9 Å². The molecule has 0 bridgehead atoms. The van der Waals surface area contributed by atoms with E-state index in [2.05, 4.69) is 6.92 Å². The minimum absolute atomic E-state index is 0.224. The molecule has 2 atom stereocenters. The highest BCUT2D eigenvalue weighted by molar-refractivity contribution is 5.43. The molecule has 2 N–H and O–H groups in total. The predicted octanol–water partition coefficient (Wildman–Crippen LogP) is 2.66. The largest absolute Gasteiger partial charge is 0.497 e. The maximum Gasteiger partial charge on any atom is 0.124 e. The molecule has 0 saturated carbocycles. The van der Waals surface area contributed by atoms with Crippen molar-refractivity contribution in [3.63, 3.8) is 0 Å². The van der Waals surface area contributed by atoms with Gasteiger partial charge in [-0.3, -0.25) is 0 Å². The standard InChI is InChI=1S/C15H23NO3/c1-15(8-4-5-9-19-15)14(16)12-10-11(17-2)6-7-13(12)18-3/h6-7,10,14H,4-5,8-9,16H2,1-3H3. The number of hydrogen-bond donors (Lipinski definition) is 1. The Hall–Kier alpha value is -1.26. The van der Waals surface area contributed by atoms with Crippen molar-refractivity contribution < 1.29 is 14.2 Å². The summed E-state index contributed by atoms with van der Waals surface area (Å²) >= 11 is 0. The lowest BCUT2D eigenvalue weighted by atomic mass is 9.84. The van der Waals surface area contributed by atoms with Crippen molar-refractivity contribution in [2.24, 2.45) is 5.73 Å². The van der Waals surface area contributed by atoms with E-state index in [4.69, 9.17) is 19.9 Å². The molecule has 0 aliphatic carbocycles. The molecule has 2 unspecified atom stereocenters. The van der Waals surface area contributed by atoms with Crippen molar-refractivity contribution in [1.82, 2.24) is 0 Å². The lowest BCUT2D eigenvalue weighted by Gasteiger charge is -2.39. The van der Waals surface area contributed by atoms with E-state index >= 15 is 0 Å². The number of methoxy groups -OCH3 is 2. The van der Waals surface area contributed by atoms with Crippen LogP contribution in [0.25, 0.3) is 0 Å². The average molecular weight is 265 g/mol. The van der Waals surface area contributed by atoms with Gasteiger partial charge in [-0.15, -0.1) is 0 Å². The third kappa shape index (κ3) is 2.85. The smallest absolute Gasteiger partial charge is 0.124 e. The van der Waals surface area contributed by atoms with Crippen LogP contribution in [0, 0.1) is 0 Å². The van der Waals surface area contributed by atoms with Crippen LogP contribution in [0.5, 0.6) is 11.5 Å². The van der Waals surface area contributed by atoms with E-state index in [1.807, 2.05) is 18.2 Å². The van der Waals surface area contributed by atoms with Crippen LogP contribution < -0.4 is 15.2 Å². The Morgan fingerprint density at radius 2 is 2.05 bits per heavy atom. The fourth-order valence-corrected chi connectivity index (χ4v) is 2.61. The number of benzene rings is 1. The topological polar surface area (TPSA) is 53.7 Å². The third-order valence-electron chi connectivity index (χ3n) is 3.93. The van der Waals surface area contributed by atoms with Gasteiger partial charge in [0, 0.05) is 12.2 Å². The second kappa shape index (κ2) is 5.80. The Morgan fingerprint density at radius 3 is 2.63 bits per heavy atom. The van der Waals surface area contributed by atoms with Crippen molar-refractivity contribution in [3.8, 4) is 11.5 Å². The molecule has 1 aliphatic heterocycles. The fourth-order valence-electron chi connectivity index (χ4n) is 2.61. The average Bonchev–Trinajstić information content (AvgIpc) is 2.46. The van der Waals surface area contributed by atoms with Crippen molar-refractivity contribution in [3.05, 3.63) is 23.8 Å². The van der Waals surface area contributed by atoms with Crippen molar-refractivity contribution in [2.45, 2.75) is 37.8 Å². The van der Waals surface area contributed by atoms with Gasteiger partial charge in [0.2, 0.25) is 0 Å². The van der Waals surface area contributed by atoms with E-state index in [1.165, 1.54) is 0 Å². The summed E-state index contributed by atoms with van der Waals surface area (Å²) in [6.07, 6.45) is 3.22. The van der Waals surface area contributed by atoms with Crippen molar-refractivity contribution in [2.75, 3.05) is 20.8 Å². The van der Waals surface area contributed by atoms with Crippen LogP contribution in [0.2, 0.25) is 0 Å². The zero-order chi connectivity index (χ0) is 13.9. The summed E-state index contributed by atoms with van der Waals surface area (Å²) in [6, 6.07) is 5.48. The summed E-state index contributed by atoms with van der Waals surface area (Å²) in [5, 5.41) is 0. The van der Waals surface area contributed by atoms with Gasteiger partial charge in [-0.25, -0.2) is 0 Å². The zero-order valence-electron chi connectivity index (χ0n) is 11.9. The first-order valence-electron chi connectivity index (χ1n) is 6.72. The molecular weight excluding hydrogens is 242 g/mol. The van der Waals surface area contributed by atoms with Gasteiger partial charge in [0.15, 0.2) is 0 Å². The van der Waals surface area contributed by atoms with Gasteiger partial charge in [-0.2, -0.15) is 0 Å². The number of rotatable bonds is 4. The first-order valence-corrected chi connectivity index (χ1v) is 6.72. The monoisotopic (exact) mass is 265 g/mol.